The largest absolute Gasteiger partial charge is 0.481 e. The van der Waals surface area contributed by atoms with Gasteiger partial charge in [-0.1, -0.05) is 59.6 Å². The van der Waals surface area contributed by atoms with Crippen LogP contribution in [0.1, 0.15) is 45.8 Å². The van der Waals surface area contributed by atoms with E-state index >= 15 is 0 Å². The van der Waals surface area contributed by atoms with Gasteiger partial charge < -0.3 is 15.0 Å². The molecule has 2 aromatic heterocycles. The van der Waals surface area contributed by atoms with Gasteiger partial charge in [-0.25, -0.2) is 9.67 Å². The highest BCUT2D eigenvalue weighted by atomic mass is 35.5. The fourth-order valence-corrected chi connectivity index (χ4v) is 5.55. The summed E-state index contributed by atoms with van der Waals surface area (Å²) in [5.41, 5.74) is 5.64. The standard InChI is InChI=1S/C26H26ClN5O3.C6H6/c1-15-3-8-24-21(11-15)19(7-10-25(33)34)23-9-4-17(13-31(23)24)29-26(35)20-6-5-18(12-22(20)27)32-14-28-16(2)30-32;1-2-4-6-5-3-1/h3,5-6,8,11-12,14,17H,4,7,9-10,13H2,1-2H3,(H,29,35)(H,33,34);1-6H. The number of carbonyl (C=O) groups is 2. The number of fused-ring (bicyclic) bond motifs is 3. The Hall–Kier alpha value is -4.43. The lowest BCUT2D eigenvalue weighted by Gasteiger charge is -2.27. The predicted molar refractivity (Wildman–Crippen MR) is 160 cm³/mol. The Kier molecular flexibility index (Phi) is 8.50. The lowest BCUT2D eigenvalue weighted by molar-refractivity contribution is -0.136. The Morgan fingerprint density at radius 2 is 1.78 bits per heavy atom. The molecule has 0 aliphatic carbocycles. The summed E-state index contributed by atoms with van der Waals surface area (Å²) in [4.78, 5) is 28.4. The number of aromatic nitrogens is 4. The highest BCUT2D eigenvalue weighted by Crippen LogP contribution is 2.33. The van der Waals surface area contributed by atoms with Crippen molar-refractivity contribution in [3.63, 3.8) is 0 Å². The number of benzene rings is 3. The van der Waals surface area contributed by atoms with Crippen LogP contribution in [0.5, 0.6) is 0 Å². The number of aliphatic carboxylic acids is 1. The number of nitrogens with one attached hydrogen (secondary N) is 1. The van der Waals surface area contributed by atoms with Gasteiger partial charge in [0.15, 0.2) is 0 Å². The van der Waals surface area contributed by atoms with Crippen molar-refractivity contribution in [3.05, 3.63) is 112 Å². The third-order valence-electron chi connectivity index (χ3n) is 7.23. The van der Waals surface area contributed by atoms with Crippen LogP contribution in [0, 0.1) is 13.8 Å². The van der Waals surface area contributed by atoms with E-state index < -0.39 is 5.97 Å². The first-order valence-electron chi connectivity index (χ1n) is 13.6. The van der Waals surface area contributed by atoms with Gasteiger partial charge in [-0.15, -0.1) is 0 Å². The summed E-state index contributed by atoms with van der Waals surface area (Å²) in [5, 5.41) is 18.1. The zero-order chi connectivity index (χ0) is 28.9. The molecule has 1 atom stereocenters. The van der Waals surface area contributed by atoms with Gasteiger partial charge in [-0.2, -0.15) is 5.10 Å². The molecule has 5 aromatic rings. The molecule has 0 radical (unpaired) electrons. The maximum absolute atomic E-state index is 13.1. The Labute approximate surface area is 243 Å². The van der Waals surface area contributed by atoms with E-state index in [9.17, 15) is 14.7 Å². The highest BCUT2D eigenvalue weighted by Gasteiger charge is 2.26. The van der Waals surface area contributed by atoms with Gasteiger partial charge in [0, 0.05) is 35.6 Å². The third-order valence-corrected chi connectivity index (χ3v) is 7.55. The second-order valence-corrected chi connectivity index (χ2v) is 10.6. The number of aryl methyl sites for hydroxylation is 3. The molecule has 2 N–H and O–H groups in total. The van der Waals surface area contributed by atoms with Crippen molar-refractivity contribution in [3.8, 4) is 5.69 Å². The van der Waals surface area contributed by atoms with Crippen molar-refractivity contribution < 1.29 is 14.7 Å². The minimum atomic E-state index is -0.798. The van der Waals surface area contributed by atoms with Crippen molar-refractivity contribution >= 4 is 34.4 Å². The SMILES string of the molecule is Cc1ccc2c(c1)c(CCC(=O)O)c1n2CC(NC(=O)c2ccc(-n3cnc(C)n3)cc2Cl)CC1.c1ccccc1. The van der Waals surface area contributed by atoms with E-state index in [2.05, 4.69) is 38.2 Å². The van der Waals surface area contributed by atoms with Crippen molar-refractivity contribution in [2.45, 2.75) is 52.1 Å². The van der Waals surface area contributed by atoms with E-state index in [1.165, 1.54) is 5.69 Å². The summed E-state index contributed by atoms with van der Waals surface area (Å²) in [5.74, 6) is -0.366. The molecule has 41 heavy (non-hydrogen) atoms. The zero-order valence-corrected chi connectivity index (χ0v) is 23.8. The number of nitrogens with zero attached hydrogens (tertiary/aromatic N) is 4. The molecule has 1 aliphatic heterocycles. The lowest BCUT2D eigenvalue weighted by Crippen LogP contribution is -2.41. The van der Waals surface area contributed by atoms with Crippen molar-refractivity contribution in [2.75, 3.05) is 0 Å². The minimum Gasteiger partial charge on any atom is -0.481 e. The van der Waals surface area contributed by atoms with Crippen molar-refractivity contribution in [1.82, 2.24) is 24.6 Å². The van der Waals surface area contributed by atoms with E-state index in [0.29, 0.717) is 29.4 Å². The lowest BCUT2D eigenvalue weighted by atomic mass is 9.98. The van der Waals surface area contributed by atoms with E-state index in [0.717, 1.165) is 40.6 Å². The summed E-state index contributed by atoms with van der Waals surface area (Å²) in [7, 11) is 0. The van der Waals surface area contributed by atoms with Crippen LogP contribution in [0.15, 0.2) is 79.1 Å². The molecule has 1 aliphatic rings. The van der Waals surface area contributed by atoms with Crippen LogP contribution in [0.2, 0.25) is 5.02 Å². The molecule has 1 unspecified atom stereocenters. The highest BCUT2D eigenvalue weighted by molar-refractivity contribution is 6.34. The molecule has 0 bridgehead atoms. The number of halogens is 1. The topological polar surface area (TPSA) is 102 Å². The van der Waals surface area contributed by atoms with Crippen LogP contribution in [-0.4, -0.2) is 42.4 Å². The number of amides is 1. The van der Waals surface area contributed by atoms with E-state index in [1.54, 1.807) is 36.1 Å². The predicted octanol–water partition coefficient (Wildman–Crippen LogP) is 5.94. The normalized spacial score (nSPS) is 14.2. The minimum absolute atomic E-state index is 0.0621. The molecule has 3 heterocycles. The fourth-order valence-electron chi connectivity index (χ4n) is 5.29. The van der Waals surface area contributed by atoms with Crippen LogP contribution >= 0.6 is 11.6 Å². The number of hydrogen-bond acceptors (Lipinski definition) is 4. The molecule has 210 valence electrons. The molecular formula is C32H32ClN5O3. The van der Waals surface area contributed by atoms with Gasteiger partial charge in [-0.3, -0.25) is 9.59 Å². The molecular weight excluding hydrogens is 538 g/mol. The Morgan fingerprint density at radius 3 is 2.41 bits per heavy atom. The number of carboxylic acids is 1. The molecule has 0 saturated heterocycles. The smallest absolute Gasteiger partial charge is 0.303 e. The van der Waals surface area contributed by atoms with Crippen LogP contribution in [-0.2, 0) is 24.2 Å². The van der Waals surface area contributed by atoms with Gasteiger partial charge in [0.1, 0.15) is 12.2 Å². The molecule has 0 saturated carbocycles. The number of carboxylic acid groups (broad SMARTS) is 1. The van der Waals surface area contributed by atoms with Gasteiger partial charge in [0.05, 0.1) is 16.3 Å². The van der Waals surface area contributed by atoms with Gasteiger partial charge in [-0.05, 0) is 69.0 Å². The zero-order valence-electron chi connectivity index (χ0n) is 23.0. The molecule has 0 spiro atoms. The first-order chi connectivity index (χ1) is 19.8. The van der Waals surface area contributed by atoms with E-state index in [1.807, 2.05) is 43.3 Å². The van der Waals surface area contributed by atoms with Crippen LogP contribution in [0.4, 0.5) is 0 Å². The van der Waals surface area contributed by atoms with E-state index in [4.69, 9.17) is 11.6 Å². The Balaban J connectivity index is 0.000000500. The Morgan fingerprint density at radius 1 is 1.05 bits per heavy atom. The summed E-state index contributed by atoms with van der Waals surface area (Å²) in [6.45, 7) is 4.47. The molecule has 6 rings (SSSR count). The van der Waals surface area contributed by atoms with Gasteiger partial charge in [0.2, 0.25) is 0 Å². The van der Waals surface area contributed by atoms with Crippen molar-refractivity contribution in [1.29, 1.82) is 0 Å². The molecule has 9 heteroatoms. The van der Waals surface area contributed by atoms with Crippen molar-refractivity contribution in [2.24, 2.45) is 0 Å². The van der Waals surface area contributed by atoms with Crippen LogP contribution < -0.4 is 5.32 Å². The molecule has 1 amide bonds. The third kappa shape index (κ3) is 6.49. The summed E-state index contributed by atoms with van der Waals surface area (Å²) >= 11 is 6.46. The maximum Gasteiger partial charge on any atom is 0.303 e. The average Bonchev–Trinajstić information content (AvgIpc) is 3.53. The summed E-state index contributed by atoms with van der Waals surface area (Å²) in [6, 6.07) is 23.4. The first-order valence-corrected chi connectivity index (χ1v) is 14.0. The first kappa shape index (κ1) is 28.1. The Bertz CT molecular complexity index is 1670. The van der Waals surface area contributed by atoms with Crippen LogP contribution in [0.3, 0.4) is 0 Å². The average molecular weight is 570 g/mol. The number of rotatable bonds is 6. The number of carbonyl (C=O) groups excluding carboxylic acids is 1. The number of hydrogen-bond donors (Lipinski definition) is 2. The monoisotopic (exact) mass is 569 g/mol. The van der Waals surface area contributed by atoms with E-state index in [-0.39, 0.29) is 18.4 Å². The molecule has 8 nitrogen and oxygen atoms in total. The summed E-state index contributed by atoms with van der Waals surface area (Å²) in [6.07, 6.45) is 3.75. The molecule has 3 aromatic carbocycles. The maximum atomic E-state index is 13.1. The second-order valence-electron chi connectivity index (χ2n) is 10.2. The van der Waals surface area contributed by atoms with Crippen LogP contribution in [0.25, 0.3) is 16.6 Å². The fraction of sp³-hybridized carbons (Fsp3) is 0.250. The second kappa shape index (κ2) is 12.4. The van der Waals surface area contributed by atoms with Gasteiger partial charge in [0.25, 0.3) is 5.91 Å². The van der Waals surface area contributed by atoms with Gasteiger partial charge >= 0.3 is 5.97 Å². The quantitative estimate of drug-likeness (QED) is 0.263. The molecule has 0 fully saturated rings. The summed E-state index contributed by atoms with van der Waals surface area (Å²) < 4.78 is 3.85.